The fourth-order valence-corrected chi connectivity index (χ4v) is 2.66. The first-order chi connectivity index (χ1) is 9.22. The molecule has 19 heavy (non-hydrogen) atoms. The van der Waals surface area contributed by atoms with Crippen molar-refractivity contribution < 1.29 is 9.53 Å². The van der Waals surface area contributed by atoms with E-state index < -0.39 is 0 Å². The summed E-state index contributed by atoms with van der Waals surface area (Å²) in [6.07, 6.45) is 6.94. The van der Waals surface area contributed by atoms with Crippen molar-refractivity contribution >= 4 is 5.97 Å². The largest absolute Gasteiger partial charge is 0.462 e. The molecule has 1 fully saturated rings. The van der Waals surface area contributed by atoms with Gasteiger partial charge in [0.2, 0.25) is 0 Å². The maximum atomic E-state index is 11.8. The number of hydrogen-bond donors (Lipinski definition) is 1. The summed E-state index contributed by atoms with van der Waals surface area (Å²) in [5.74, 6) is 0.507. The van der Waals surface area contributed by atoms with E-state index in [2.05, 4.69) is 10.4 Å². The molecule has 0 aliphatic heterocycles. The molecule has 106 valence electrons. The lowest BCUT2D eigenvalue weighted by Crippen LogP contribution is -2.23. The van der Waals surface area contributed by atoms with Gasteiger partial charge in [0, 0.05) is 13.6 Å². The van der Waals surface area contributed by atoms with E-state index >= 15 is 0 Å². The lowest BCUT2D eigenvalue weighted by molar-refractivity contribution is 0.0524. The molecule has 0 unspecified atom stereocenters. The molecule has 0 amide bonds. The van der Waals surface area contributed by atoms with Crippen LogP contribution in [0.3, 0.4) is 0 Å². The highest BCUT2D eigenvalue weighted by Crippen LogP contribution is 2.23. The predicted octanol–water partition coefficient (Wildman–Crippen LogP) is 1.88. The van der Waals surface area contributed by atoms with Gasteiger partial charge in [-0.3, -0.25) is 4.68 Å². The number of carbonyl (C=O) groups excluding carboxylic acids is 1. The molecule has 0 spiro atoms. The van der Waals surface area contributed by atoms with Gasteiger partial charge in [-0.2, -0.15) is 5.10 Å². The molecule has 1 aliphatic rings. The van der Waals surface area contributed by atoms with E-state index in [4.69, 9.17) is 4.74 Å². The van der Waals surface area contributed by atoms with Crippen LogP contribution >= 0.6 is 0 Å². The molecular formula is C14H23N3O2. The highest BCUT2D eigenvalue weighted by atomic mass is 16.5. The molecule has 5 heteroatoms. The van der Waals surface area contributed by atoms with E-state index in [0.29, 0.717) is 18.7 Å². The summed E-state index contributed by atoms with van der Waals surface area (Å²) in [6.45, 7) is 3.89. The second kappa shape index (κ2) is 6.70. The Morgan fingerprint density at radius 3 is 2.95 bits per heavy atom. The molecule has 0 radical (unpaired) electrons. The van der Waals surface area contributed by atoms with Crippen LogP contribution in [-0.4, -0.2) is 28.9 Å². The van der Waals surface area contributed by atoms with Crippen molar-refractivity contribution in [3.8, 4) is 0 Å². The van der Waals surface area contributed by atoms with Crippen molar-refractivity contribution in [1.82, 2.24) is 15.1 Å². The van der Waals surface area contributed by atoms with Crippen LogP contribution in [-0.2, 0) is 18.3 Å². The monoisotopic (exact) mass is 265 g/mol. The Labute approximate surface area is 114 Å². The zero-order valence-corrected chi connectivity index (χ0v) is 11.8. The molecule has 0 bridgehead atoms. The normalized spacial score (nSPS) is 15.9. The number of carbonyl (C=O) groups is 1. The number of aromatic nitrogens is 2. The third-order valence-electron chi connectivity index (χ3n) is 3.76. The number of nitrogens with one attached hydrogen (secondary N) is 1. The van der Waals surface area contributed by atoms with Gasteiger partial charge in [0.15, 0.2) is 0 Å². The quantitative estimate of drug-likeness (QED) is 0.798. The maximum absolute atomic E-state index is 11.8. The molecule has 1 saturated carbocycles. The number of esters is 1. The fourth-order valence-electron chi connectivity index (χ4n) is 2.66. The molecule has 1 aromatic rings. The summed E-state index contributed by atoms with van der Waals surface area (Å²) in [5.41, 5.74) is 1.47. The Kier molecular flexibility index (Phi) is 4.96. The van der Waals surface area contributed by atoms with Crippen LogP contribution < -0.4 is 5.32 Å². The van der Waals surface area contributed by atoms with E-state index in [1.54, 1.807) is 10.9 Å². The van der Waals surface area contributed by atoms with Gasteiger partial charge >= 0.3 is 5.97 Å². The van der Waals surface area contributed by atoms with Gasteiger partial charge in [-0.15, -0.1) is 0 Å². The summed E-state index contributed by atoms with van der Waals surface area (Å²) in [4.78, 5) is 11.8. The van der Waals surface area contributed by atoms with E-state index in [9.17, 15) is 4.79 Å². The van der Waals surface area contributed by atoms with Gasteiger partial charge < -0.3 is 10.1 Å². The zero-order valence-electron chi connectivity index (χ0n) is 11.8. The Morgan fingerprint density at radius 2 is 2.26 bits per heavy atom. The van der Waals surface area contributed by atoms with Crippen molar-refractivity contribution in [3.63, 3.8) is 0 Å². The van der Waals surface area contributed by atoms with Crippen molar-refractivity contribution in [2.45, 2.75) is 39.2 Å². The first-order valence-corrected chi connectivity index (χ1v) is 7.11. The van der Waals surface area contributed by atoms with Gasteiger partial charge in [-0.25, -0.2) is 4.79 Å². The third-order valence-corrected chi connectivity index (χ3v) is 3.76. The van der Waals surface area contributed by atoms with E-state index in [1.165, 1.54) is 25.7 Å². The third kappa shape index (κ3) is 3.56. The van der Waals surface area contributed by atoms with Crippen LogP contribution in [0.4, 0.5) is 0 Å². The predicted molar refractivity (Wildman–Crippen MR) is 72.8 cm³/mol. The van der Waals surface area contributed by atoms with Crippen molar-refractivity contribution in [2.24, 2.45) is 13.0 Å². The SMILES string of the molecule is CCOC(=O)c1cnn(C)c1CNCC1CCCC1. The summed E-state index contributed by atoms with van der Waals surface area (Å²) < 4.78 is 6.79. The van der Waals surface area contributed by atoms with E-state index in [0.717, 1.165) is 18.2 Å². The lowest BCUT2D eigenvalue weighted by atomic mass is 10.1. The minimum atomic E-state index is -0.284. The molecular weight excluding hydrogens is 242 g/mol. The summed E-state index contributed by atoms with van der Waals surface area (Å²) in [5, 5.41) is 7.59. The molecule has 1 aliphatic carbocycles. The van der Waals surface area contributed by atoms with Crippen molar-refractivity contribution in [1.29, 1.82) is 0 Å². The molecule has 0 saturated heterocycles. The van der Waals surface area contributed by atoms with Crippen LogP contribution in [0.15, 0.2) is 6.20 Å². The molecule has 2 rings (SSSR count). The van der Waals surface area contributed by atoms with Gasteiger partial charge in [0.05, 0.1) is 18.5 Å². The van der Waals surface area contributed by atoms with Crippen LogP contribution in [0.2, 0.25) is 0 Å². The Balaban J connectivity index is 1.91. The van der Waals surface area contributed by atoms with Gasteiger partial charge in [-0.1, -0.05) is 12.8 Å². The fraction of sp³-hybridized carbons (Fsp3) is 0.714. The van der Waals surface area contributed by atoms with Crippen LogP contribution in [0.1, 0.15) is 48.7 Å². The van der Waals surface area contributed by atoms with Gasteiger partial charge in [0.1, 0.15) is 5.56 Å². The van der Waals surface area contributed by atoms with Crippen LogP contribution in [0.5, 0.6) is 0 Å². The number of ether oxygens (including phenoxy) is 1. The topological polar surface area (TPSA) is 56.1 Å². The van der Waals surface area contributed by atoms with Gasteiger partial charge in [0.25, 0.3) is 0 Å². The lowest BCUT2D eigenvalue weighted by Gasteiger charge is -2.11. The second-order valence-electron chi connectivity index (χ2n) is 5.13. The average Bonchev–Trinajstić information content (AvgIpc) is 3.01. The highest BCUT2D eigenvalue weighted by Gasteiger charge is 2.18. The number of hydrogen-bond acceptors (Lipinski definition) is 4. The van der Waals surface area contributed by atoms with Crippen molar-refractivity contribution in [3.05, 3.63) is 17.5 Å². The van der Waals surface area contributed by atoms with E-state index in [1.807, 2.05) is 14.0 Å². The van der Waals surface area contributed by atoms with E-state index in [-0.39, 0.29) is 5.97 Å². The second-order valence-corrected chi connectivity index (χ2v) is 5.13. The Bertz CT molecular complexity index is 422. The van der Waals surface area contributed by atoms with Crippen LogP contribution in [0, 0.1) is 5.92 Å². The number of nitrogens with zero attached hydrogens (tertiary/aromatic N) is 2. The molecule has 0 atom stereocenters. The first kappa shape index (κ1) is 14.1. The van der Waals surface area contributed by atoms with Crippen LogP contribution in [0.25, 0.3) is 0 Å². The summed E-state index contributed by atoms with van der Waals surface area (Å²) in [6, 6.07) is 0. The Morgan fingerprint density at radius 1 is 1.53 bits per heavy atom. The first-order valence-electron chi connectivity index (χ1n) is 7.11. The zero-order chi connectivity index (χ0) is 13.7. The molecule has 1 N–H and O–H groups in total. The minimum absolute atomic E-state index is 0.284. The average molecular weight is 265 g/mol. The van der Waals surface area contributed by atoms with Crippen molar-refractivity contribution in [2.75, 3.05) is 13.2 Å². The molecule has 5 nitrogen and oxygen atoms in total. The molecule has 1 heterocycles. The number of aryl methyl sites for hydroxylation is 1. The molecule has 0 aromatic carbocycles. The molecule has 1 aromatic heterocycles. The smallest absolute Gasteiger partial charge is 0.341 e. The maximum Gasteiger partial charge on any atom is 0.341 e. The highest BCUT2D eigenvalue weighted by molar-refractivity contribution is 5.90. The minimum Gasteiger partial charge on any atom is -0.462 e. The summed E-state index contributed by atoms with van der Waals surface area (Å²) in [7, 11) is 1.86. The number of rotatable bonds is 6. The Hall–Kier alpha value is -1.36. The van der Waals surface area contributed by atoms with Gasteiger partial charge in [-0.05, 0) is 32.2 Å². The summed E-state index contributed by atoms with van der Waals surface area (Å²) >= 11 is 0. The standard InChI is InChI=1S/C14H23N3O2/c1-3-19-14(18)12-9-16-17(2)13(12)10-15-8-11-6-4-5-7-11/h9,11,15H,3-8,10H2,1-2H3.